The summed E-state index contributed by atoms with van der Waals surface area (Å²) in [7, 11) is 0. The van der Waals surface area contributed by atoms with Crippen molar-refractivity contribution in [1.82, 2.24) is 4.57 Å². The Balaban J connectivity index is 1.47. The fourth-order valence-corrected chi connectivity index (χ4v) is 6.54. The number of aryl methyl sites for hydroxylation is 1. The molecule has 1 aromatic heterocycles. The number of aromatic nitrogens is 1. The number of aromatic carboxylic acids is 1. The zero-order valence-electron chi connectivity index (χ0n) is 15.5. The highest BCUT2D eigenvalue weighted by Crippen LogP contribution is 2.66. The zero-order valence-corrected chi connectivity index (χ0v) is 15.5. The maximum Gasteiger partial charge on any atom is 0.341 e. The number of halogens is 1. The fourth-order valence-electron chi connectivity index (χ4n) is 6.54. The van der Waals surface area contributed by atoms with E-state index >= 15 is 4.39 Å². The molecule has 0 radical (unpaired) electrons. The van der Waals surface area contributed by atoms with Crippen LogP contribution in [0.25, 0.3) is 10.9 Å². The predicted molar refractivity (Wildman–Crippen MR) is 103 cm³/mol. The number of pyridine rings is 1. The summed E-state index contributed by atoms with van der Waals surface area (Å²) in [6.07, 6.45) is 8.44. The van der Waals surface area contributed by atoms with Gasteiger partial charge in [-0.1, -0.05) is 12.2 Å². The molecule has 1 aromatic carbocycles. The monoisotopic (exact) mass is 380 g/mol. The van der Waals surface area contributed by atoms with Gasteiger partial charge in [0.15, 0.2) is 0 Å². The summed E-state index contributed by atoms with van der Waals surface area (Å²) < 4.78 is 16.8. The van der Waals surface area contributed by atoms with Gasteiger partial charge in [0, 0.05) is 18.1 Å². The van der Waals surface area contributed by atoms with Crippen LogP contribution in [0.2, 0.25) is 0 Å². The van der Waals surface area contributed by atoms with Gasteiger partial charge < -0.3 is 14.6 Å². The van der Waals surface area contributed by atoms with Gasteiger partial charge in [-0.15, -0.1) is 0 Å². The molecule has 5 nitrogen and oxygen atoms in total. The Bertz CT molecular complexity index is 1140. The van der Waals surface area contributed by atoms with Crippen molar-refractivity contribution in [3.63, 3.8) is 0 Å². The fraction of sp³-hybridized carbons (Fsp3) is 0.455. The van der Waals surface area contributed by atoms with Crippen molar-refractivity contribution < 1.29 is 14.3 Å². The molecular formula is C22H21FN2O3. The molecule has 2 saturated carbocycles. The number of carboxylic acid groups (broad SMARTS) is 1. The third kappa shape index (κ3) is 1.86. The van der Waals surface area contributed by atoms with Gasteiger partial charge in [0.2, 0.25) is 5.43 Å². The molecule has 1 N–H and O–H groups in total. The average molecular weight is 380 g/mol. The molecule has 0 spiro atoms. The van der Waals surface area contributed by atoms with Crippen LogP contribution >= 0.6 is 0 Å². The van der Waals surface area contributed by atoms with Crippen molar-refractivity contribution in [3.05, 3.63) is 52.1 Å². The van der Waals surface area contributed by atoms with Crippen LogP contribution in [0, 0.1) is 29.5 Å². The van der Waals surface area contributed by atoms with Gasteiger partial charge in [0.05, 0.1) is 23.3 Å². The minimum atomic E-state index is -1.28. The average Bonchev–Trinajstić information content (AvgIpc) is 3.01. The molecule has 6 heteroatoms. The van der Waals surface area contributed by atoms with Crippen LogP contribution in [0.5, 0.6) is 0 Å². The van der Waals surface area contributed by atoms with Crippen LogP contribution in [-0.4, -0.2) is 27.7 Å². The van der Waals surface area contributed by atoms with Crippen molar-refractivity contribution >= 4 is 22.6 Å². The molecule has 144 valence electrons. The third-order valence-electron chi connectivity index (χ3n) is 7.63. The van der Waals surface area contributed by atoms with Crippen LogP contribution in [0.1, 0.15) is 30.1 Å². The molecule has 3 aliphatic carbocycles. The standard InChI is InChI=1S/C22H21FN2O3/c1-2-24-9-15(22(27)28)21(26)14-7-16(23)18(8-17(14)24)25-19-12-6-13(20(19)25)11-5-3-4-10(11)12/h3-4,7-13,19-20H,2,5-6H2,1H3,(H,27,28). The van der Waals surface area contributed by atoms with Gasteiger partial charge in [-0.2, -0.15) is 0 Å². The zero-order chi connectivity index (χ0) is 19.3. The van der Waals surface area contributed by atoms with E-state index in [-0.39, 0.29) is 10.9 Å². The molecule has 6 unspecified atom stereocenters. The van der Waals surface area contributed by atoms with Gasteiger partial charge in [0.1, 0.15) is 11.4 Å². The maximum absolute atomic E-state index is 15.1. The molecule has 3 fully saturated rings. The van der Waals surface area contributed by atoms with Crippen molar-refractivity contribution in [3.8, 4) is 0 Å². The third-order valence-corrected chi connectivity index (χ3v) is 7.63. The number of benzene rings is 1. The number of rotatable bonds is 3. The van der Waals surface area contributed by atoms with E-state index in [0.717, 1.165) is 6.42 Å². The second kappa shape index (κ2) is 5.25. The number of hydrogen-bond acceptors (Lipinski definition) is 3. The number of carbonyl (C=O) groups is 1. The Morgan fingerprint density at radius 2 is 2.04 bits per heavy atom. The number of allylic oxidation sites excluding steroid dienone is 2. The molecular weight excluding hydrogens is 359 g/mol. The Labute approximate surface area is 161 Å². The summed E-state index contributed by atoms with van der Waals surface area (Å²) >= 11 is 0. The quantitative estimate of drug-likeness (QED) is 0.656. The molecule has 2 bridgehead atoms. The van der Waals surface area contributed by atoms with Crippen molar-refractivity contribution in [2.45, 2.75) is 38.4 Å². The molecule has 6 atom stereocenters. The van der Waals surface area contributed by atoms with Crippen molar-refractivity contribution in [2.75, 3.05) is 4.90 Å². The Morgan fingerprint density at radius 1 is 1.25 bits per heavy atom. The first-order chi connectivity index (χ1) is 13.5. The van der Waals surface area contributed by atoms with Crippen LogP contribution in [-0.2, 0) is 6.54 Å². The largest absolute Gasteiger partial charge is 0.477 e. The van der Waals surface area contributed by atoms with E-state index in [1.54, 1.807) is 10.6 Å². The normalized spacial score (nSPS) is 34.1. The van der Waals surface area contributed by atoms with E-state index in [4.69, 9.17) is 0 Å². The molecule has 2 aromatic rings. The van der Waals surface area contributed by atoms with Gasteiger partial charge in [-0.05, 0) is 55.6 Å². The van der Waals surface area contributed by atoms with Crippen molar-refractivity contribution in [2.24, 2.45) is 23.7 Å². The molecule has 2 heterocycles. The molecule has 1 aliphatic heterocycles. The Hall–Kier alpha value is -2.63. The summed E-state index contributed by atoms with van der Waals surface area (Å²) in [5, 5.41) is 9.44. The summed E-state index contributed by atoms with van der Waals surface area (Å²) in [5.41, 5.74) is 0.225. The van der Waals surface area contributed by atoms with Crippen molar-refractivity contribution in [1.29, 1.82) is 0 Å². The van der Waals surface area contributed by atoms with Gasteiger partial charge >= 0.3 is 5.97 Å². The lowest BCUT2D eigenvalue weighted by atomic mass is 9.82. The highest BCUT2D eigenvalue weighted by atomic mass is 19.1. The number of nitrogens with zero attached hydrogens (tertiary/aromatic N) is 2. The summed E-state index contributed by atoms with van der Waals surface area (Å²) in [5.74, 6) is 0.891. The molecule has 28 heavy (non-hydrogen) atoms. The number of hydrogen-bond donors (Lipinski definition) is 1. The SMILES string of the molecule is CCn1cc(C(=O)O)c(=O)c2cc(F)c(N3C4C5CC(C6CC=CC65)C43)cc21. The first kappa shape index (κ1) is 16.3. The second-order valence-corrected chi connectivity index (χ2v) is 8.64. The molecule has 6 rings (SSSR count). The van der Waals surface area contributed by atoms with E-state index < -0.39 is 17.2 Å². The summed E-state index contributed by atoms with van der Waals surface area (Å²) in [6.45, 7) is 2.40. The van der Waals surface area contributed by atoms with E-state index in [1.165, 1.54) is 18.7 Å². The van der Waals surface area contributed by atoms with Crippen LogP contribution in [0.4, 0.5) is 10.1 Å². The highest BCUT2D eigenvalue weighted by Gasteiger charge is 2.70. The first-order valence-electron chi connectivity index (χ1n) is 10.1. The Kier molecular flexibility index (Phi) is 3.06. The van der Waals surface area contributed by atoms with E-state index in [9.17, 15) is 14.7 Å². The molecule has 4 aliphatic rings. The second-order valence-electron chi connectivity index (χ2n) is 8.64. The smallest absolute Gasteiger partial charge is 0.341 e. The first-order valence-corrected chi connectivity index (χ1v) is 10.1. The predicted octanol–water partition coefficient (Wildman–Crippen LogP) is 3.26. The van der Waals surface area contributed by atoms with Gasteiger partial charge in [-0.3, -0.25) is 4.79 Å². The number of fused-ring (bicyclic) bond motifs is 9. The number of anilines is 1. The maximum atomic E-state index is 15.1. The van der Waals surface area contributed by atoms with Crippen LogP contribution in [0.15, 0.2) is 35.3 Å². The van der Waals surface area contributed by atoms with Crippen LogP contribution < -0.4 is 10.3 Å². The lowest BCUT2D eigenvalue weighted by molar-refractivity contribution is 0.0695. The lowest BCUT2D eigenvalue weighted by Crippen LogP contribution is -2.23. The lowest BCUT2D eigenvalue weighted by Gasteiger charge is -2.21. The van der Waals surface area contributed by atoms with E-state index in [0.29, 0.717) is 53.5 Å². The number of carboxylic acids is 1. The van der Waals surface area contributed by atoms with Gasteiger partial charge in [-0.25, -0.2) is 9.18 Å². The highest BCUT2D eigenvalue weighted by molar-refractivity contribution is 5.93. The topological polar surface area (TPSA) is 62.3 Å². The number of piperidine rings is 1. The summed E-state index contributed by atoms with van der Waals surface area (Å²) in [4.78, 5) is 26.2. The molecule has 1 saturated heterocycles. The Morgan fingerprint density at radius 3 is 2.79 bits per heavy atom. The minimum absolute atomic E-state index is 0.137. The van der Waals surface area contributed by atoms with Gasteiger partial charge in [0.25, 0.3) is 0 Å². The van der Waals surface area contributed by atoms with E-state index in [2.05, 4.69) is 17.1 Å². The van der Waals surface area contributed by atoms with E-state index in [1.807, 2.05) is 6.92 Å². The minimum Gasteiger partial charge on any atom is -0.477 e. The van der Waals surface area contributed by atoms with Crippen LogP contribution in [0.3, 0.4) is 0 Å². The summed E-state index contributed by atoms with van der Waals surface area (Å²) in [6, 6.07) is 3.81. The molecule has 0 amide bonds.